The van der Waals surface area contributed by atoms with Gasteiger partial charge in [0.2, 0.25) is 0 Å². The molecule has 1 unspecified atom stereocenters. The zero-order valence-corrected chi connectivity index (χ0v) is 4.61. The van der Waals surface area contributed by atoms with Crippen molar-refractivity contribution >= 4 is 26.1 Å². The zero-order chi connectivity index (χ0) is 4.28. The second-order valence-electron chi connectivity index (χ2n) is 0.624. The molecule has 0 spiro atoms. The molecule has 0 aliphatic heterocycles. The summed E-state index contributed by atoms with van der Waals surface area (Å²) in [5, 5.41) is 7.98. The van der Waals surface area contributed by atoms with Crippen LogP contribution in [0.2, 0.25) is 0 Å². The highest BCUT2D eigenvalue weighted by atomic mass is 32.1. The minimum atomic E-state index is 0. The number of aliphatic hydroxyl groups is 1. The Morgan fingerprint density at radius 3 is 2.20 bits per heavy atom. The molecule has 1 N–H and O–H groups in total. The first-order valence-corrected chi connectivity index (χ1v) is 2.15. The van der Waals surface area contributed by atoms with E-state index in [1.165, 1.54) is 0 Å². The number of thiocarbonyl (C=S) groups is 1. The molecule has 0 aliphatic carbocycles. The van der Waals surface area contributed by atoms with Gasteiger partial charge in [0.15, 0.2) is 0 Å². The smallest absolute Gasteiger partial charge is 0.0781 e. The maximum absolute atomic E-state index is 7.98. The largest absolute Gasteiger partial charge is 0.391 e. The van der Waals surface area contributed by atoms with Crippen molar-refractivity contribution in [1.29, 1.82) is 0 Å². The van der Waals surface area contributed by atoms with Crippen LogP contribution in [0, 0.1) is 0 Å². The summed E-state index contributed by atoms with van der Waals surface area (Å²) >= 11 is 4.41. The van der Waals surface area contributed by atoms with Crippen LogP contribution in [0.1, 0.15) is 0 Å². The Kier molecular flexibility index (Phi) is 2.96. The lowest BCUT2D eigenvalue weighted by Gasteiger charge is -1.76. The van der Waals surface area contributed by atoms with E-state index in [4.69, 9.17) is 5.11 Å². The fraction of sp³-hybridized carbons (Fsp3) is 0.500. The van der Waals surface area contributed by atoms with Gasteiger partial charge in [-0.05, 0) is 0 Å². The second kappa shape index (κ2) is 2.70. The molecule has 0 aromatic carbocycles. The van der Waals surface area contributed by atoms with E-state index in [0.29, 0.717) is 4.61 Å². The molecule has 1 atom stereocenters. The molecule has 1 nitrogen and oxygen atoms in total. The topological polar surface area (TPSA) is 20.2 Å². The van der Waals surface area contributed by atoms with Crippen molar-refractivity contribution in [1.82, 2.24) is 0 Å². The van der Waals surface area contributed by atoms with Gasteiger partial charge in [0.25, 0.3) is 0 Å². The third kappa shape index (κ3) is 4.48. The van der Waals surface area contributed by atoms with Crippen LogP contribution in [0.4, 0.5) is 0 Å². The summed E-state index contributed by atoms with van der Waals surface area (Å²) in [4.78, 5) is 0. The fourth-order valence-corrected chi connectivity index (χ4v) is 0. The van der Waals surface area contributed by atoms with Crippen LogP contribution in [-0.4, -0.2) is 16.3 Å². The van der Waals surface area contributed by atoms with Gasteiger partial charge in [0.05, 0.1) is 6.61 Å². The molecule has 5 heavy (non-hydrogen) atoms. The van der Waals surface area contributed by atoms with E-state index < -0.39 is 0 Å². The summed E-state index contributed by atoms with van der Waals surface area (Å²) in [7, 11) is 2.22. The highest BCUT2D eigenvalue weighted by molar-refractivity contribution is 7.89. The molecule has 0 radical (unpaired) electrons. The summed E-state index contributed by atoms with van der Waals surface area (Å²) in [5.74, 6) is 0. The van der Waals surface area contributed by atoms with Gasteiger partial charge in [0, 0.05) is 4.61 Å². The molecule has 30 valence electrons. The van der Waals surface area contributed by atoms with Gasteiger partial charge in [-0.3, -0.25) is 0 Å². The number of aliphatic hydroxyl groups excluding tert-OH is 1. The molecule has 0 heterocycles. The van der Waals surface area contributed by atoms with E-state index in [9.17, 15) is 0 Å². The normalized spacial score (nSPS) is 7.60. The van der Waals surface area contributed by atoms with Crippen molar-refractivity contribution in [3.63, 3.8) is 0 Å². The van der Waals surface area contributed by atoms with Crippen LogP contribution >= 0.6 is 21.5 Å². The summed E-state index contributed by atoms with van der Waals surface area (Å²) < 4.78 is 0.560. The Morgan fingerprint density at radius 2 is 2.20 bits per heavy atom. The van der Waals surface area contributed by atoms with Gasteiger partial charge in [-0.25, -0.2) is 0 Å². The maximum Gasteiger partial charge on any atom is 0.0781 e. The number of rotatable bonds is 1. The first-order chi connectivity index (χ1) is 2.27. The Labute approximate surface area is 38.6 Å². The van der Waals surface area contributed by atoms with E-state index in [2.05, 4.69) is 21.5 Å². The summed E-state index contributed by atoms with van der Waals surface area (Å²) in [6, 6.07) is 0. The summed E-state index contributed by atoms with van der Waals surface area (Å²) in [5.41, 5.74) is 0. The minimum absolute atomic E-state index is 0. The predicted octanol–water partition coefficient (Wildman–Crippen LogP) is 0.181. The Morgan fingerprint density at radius 1 is 2.00 bits per heavy atom. The van der Waals surface area contributed by atoms with E-state index in [1.807, 2.05) is 0 Å². The lowest BCUT2D eigenvalue weighted by atomic mass is 10.9. The molecular weight excluding hydrogens is 103 g/mol. The third-order valence-corrected chi connectivity index (χ3v) is 0.468. The van der Waals surface area contributed by atoms with E-state index >= 15 is 0 Å². The predicted molar refractivity (Wildman–Crippen MR) is 29.4 cm³/mol. The van der Waals surface area contributed by atoms with Crippen molar-refractivity contribution < 1.29 is 5.11 Å². The van der Waals surface area contributed by atoms with Crippen LogP contribution in [-0.2, 0) is 0 Å². The van der Waals surface area contributed by atoms with Crippen LogP contribution < -0.4 is 0 Å². The van der Waals surface area contributed by atoms with Gasteiger partial charge in [-0.2, -0.15) is 0 Å². The average Bonchev–Trinajstić information content (AvgIpc) is 1.38. The quantitative estimate of drug-likeness (QED) is 0.382. The molecule has 0 aromatic heterocycles. The highest BCUT2D eigenvalue weighted by Crippen LogP contribution is 1.83. The Hall–Kier alpha value is 0.480. The summed E-state index contributed by atoms with van der Waals surface area (Å²) in [6.07, 6.45) is 0. The van der Waals surface area contributed by atoms with Crippen molar-refractivity contribution in [2.75, 3.05) is 6.61 Å². The first-order valence-electron chi connectivity index (χ1n) is 1.16. The lowest BCUT2D eigenvalue weighted by molar-refractivity contribution is 0.362. The minimum Gasteiger partial charge on any atom is -0.391 e. The Bertz CT molecular complexity index is 44.9. The molecule has 0 bridgehead atoms. The molecule has 0 rings (SSSR count). The number of hydrogen-bond acceptors (Lipinski definition) is 2. The molecule has 3 heteroatoms. The zero-order valence-electron chi connectivity index (χ0n) is 2.64. The van der Waals surface area contributed by atoms with Gasteiger partial charge < -0.3 is 5.11 Å². The lowest BCUT2D eigenvalue weighted by Crippen LogP contribution is -1.85. The average molecular weight is 108 g/mol. The molecule has 0 amide bonds. The van der Waals surface area contributed by atoms with E-state index in [1.54, 1.807) is 0 Å². The van der Waals surface area contributed by atoms with Crippen molar-refractivity contribution in [2.24, 2.45) is 0 Å². The van der Waals surface area contributed by atoms with Crippen molar-refractivity contribution in [3.05, 3.63) is 0 Å². The molecule has 0 aliphatic rings. The van der Waals surface area contributed by atoms with Crippen molar-refractivity contribution in [2.45, 2.75) is 0 Å². The second-order valence-corrected chi connectivity index (χ2v) is 2.26. The highest BCUT2D eigenvalue weighted by Gasteiger charge is 1.72. The molecule has 0 saturated heterocycles. The van der Waals surface area contributed by atoms with Crippen LogP contribution in [0.15, 0.2) is 0 Å². The van der Waals surface area contributed by atoms with Gasteiger partial charge in [-0.15, -0.1) is 0 Å². The number of hydrogen-bond donors (Lipinski definition) is 1. The van der Waals surface area contributed by atoms with Crippen LogP contribution in [0.3, 0.4) is 0 Å². The molecule has 0 aromatic rings. The maximum atomic E-state index is 7.98. The van der Waals surface area contributed by atoms with E-state index in [-0.39, 0.29) is 6.61 Å². The molecular formula is C2H5OPS. The van der Waals surface area contributed by atoms with Crippen LogP contribution in [0.5, 0.6) is 0 Å². The van der Waals surface area contributed by atoms with Crippen LogP contribution in [0.25, 0.3) is 0 Å². The molecule has 0 fully saturated rings. The third-order valence-electron chi connectivity index (χ3n) is 0.156. The Balaban J connectivity index is 2.85. The fourth-order valence-electron chi connectivity index (χ4n) is 0. The SMILES string of the molecule is OCC(P)=S. The monoisotopic (exact) mass is 108 g/mol. The standard InChI is InChI=1S/C2H5OPS/c3-1-2(4)5/h3H,1,4H2. The summed E-state index contributed by atoms with van der Waals surface area (Å²) in [6.45, 7) is 0. The van der Waals surface area contributed by atoms with Gasteiger partial charge in [0.1, 0.15) is 0 Å². The van der Waals surface area contributed by atoms with Gasteiger partial charge >= 0.3 is 0 Å². The van der Waals surface area contributed by atoms with Crippen molar-refractivity contribution in [3.8, 4) is 0 Å². The molecule has 0 saturated carbocycles. The first kappa shape index (κ1) is 5.48. The van der Waals surface area contributed by atoms with E-state index in [0.717, 1.165) is 0 Å². The van der Waals surface area contributed by atoms with Gasteiger partial charge in [-0.1, -0.05) is 21.5 Å².